The van der Waals surface area contributed by atoms with E-state index in [0.29, 0.717) is 26.1 Å². The summed E-state index contributed by atoms with van der Waals surface area (Å²) in [5, 5.41) is 0. The van der Waals surface area contributed by atoms with E-state index in [0.717, 1.165) is 12.2 Å². The lowest BCUT2D eigenvalue weighted by atomic mass is 10.2. The molecule has 0 fully saturated rings. The van der Waals surface area contributed by atoms with Crippen molar-refractivity contribution in [1.82, 2.24) is 14.4 Å². The standard InChI is InChI=1S/C26H33N3O4/c1-21(2)29(19-23-12-7-14-27(23)18-22-10-5-4-6-11-22)25(30)20-28(15-9-16-32-3)26(31)24-13-8-17-33-24/h4-8,10-14,17,21H,9,15-16,18-20H2,1-3H3. The molecule has 1 aromatic carbocycles. The number of carbonyl (C=O) groups excluding carboxylic acids is 2. The average Bonchev–Trinajstić information content (AvgIpc) is 3.49. The summed E-state index contributed by atoms with van der Waals surface area (Å²) in [6.45, 7) is 6.10. The molecule has 2 heterocycles. The van der Waals surface area contributed by atoms with Crippen molar-refractivity contribution in [1.29, 1.82) is 0 Å². The van der Waals surface area contributed by atoms with Crippen LogP contribution in [0.4, 0.5) is 0 Å². The number of nitrogens with zero attached hydrogens (tertiary/aromatic N) is 3. The fourth-order valence-electron chi connectivity index (χ4n) is 3.72. The quantitative estimate of drug-likeness (QED) is 0.390. The van der Waals surface area contributed by atoms with E-state index in [1.807, 2.05) is 55.3 Å². The van der Waals surface area contributed by atoms with Gasteiger partial charge in [0.25, 0.3) is 5.91 Å². The molecule has 0 N–H and O–H groups in total. The molecule has 7 heteroatoms. The van der Waals surface area contributed by atoms with E-state index in [1.54, 1.807) is 24.1 Å². The second-order valence-corrected chi connectivity index (χ2v) is 8.28. The van der Waals surface area contributed by atoms with Gasteiger partial charge >= 0.3 is 0 Å². The minimum atomic E-state index is -0.291. The Hall–Kier alpha value is -3.32. The highest BCUT2D eigenvalue weighted by molar-refractivity contribution is 5.94. The molecule has 2 amide bonds. The van der Waals surface area contributed by atoms with Gasteiger partial charge in [-0.15, -0.1) is 0 Å². The Labute approximate surface area is 195 Å². The molecule has 0 aliphatic carbocycles. The lowest BCUT2D eigenvalue weighted by Gasteiger charge is -2.30. The van der Waals surface area contributed by atoms with Crippen LogP contribution in [-0.4, -0.2) is 59.0 Å². The van der Waals surface area contributed by atoms with E-state index < -0.39 is 0 Å². The third kappa shape index (κ3) is 6.83. The Morgan fingerprint density at radius 3 is 2.52 bits per heavy atom. The molecule has 0 atom stereocenters. The van der Waals surface area contributed by atoms with Gasteiger partial charge in [0.1, 0.15) is 6.54 Å². The summed E-state index contributed by atoms with van der Waals surface area (Å²) in [6, 6.07) is 17.5. The molecular formula is C26H33N3O4. The smallest absolute Gasteiger partial charge is 0.290 e. The van der Waals surface area contributed by atoms with Crippen molar-refractivity contribution in [2.24, 2.45) is 0 Å². The van der Waals surface area contributed by atoms with Gasteiger partial charge in [-0.3, -0.25) is 9.59 Å². The summed E-state index contributed by atoms with van der Waals surface area (Å²) in [4.78, 5) is 29.6. The fourth-order valence-corrected chi connectivity index (χ4v) is 3.72. The van der Waals surface area contributed by atoms with Crippen LogP contribution in [0.2, 0.25) is 0 Å². The van der Waals surface area contributed by atoms with Crippen molar-refractivity contribution in [3.63, 3.8) is 0 Å². The van der Waals surface area contributed by atoms with E-state index >= 15 is 0 Å². The minimum Gasteiger partial charge on any atom is -0.459 e. The second kappa shape index (κ2) is 12.1. The van der Waals surface area contributed by atoms with E-state index in [1.165, 1.54) is 11.8 Å². The van der Waals surface area contributed by atoms with Gasteiger partial charge in [0.15, 0.2) is 5.76 Å². The third-order valence-electron chi connectivity index (χ3n) is 5.52. The molecule has 0 radical (unpaired) electrons. The lowest BCUT2D eigenvalue weighted by Crippen LogP contribution is -2.45. The van der Waals surface area contributed by atoms with Crippen molar-refractivity contribution in [2.75, 3.05) is 26.8 Å². The van der Waals surface area contributed by atoms with E-state index in [9.17, 15) is 9.59 Å². The van der Waals surface area contributed by atoms with Crippen molar-refractivity contribution < 1.29 is 18.7 Å². The predicted molar refractivity (Wildman–Crippen MR) is 127 cm³/mol. The van der Waals surface area contributed by atoms with Gasteiger partial charge in [-0.2, -0.15) is 0 Å². The highest BCUT2D eigenvalue weighted by Crippen LogP contribution is 2.14. The number of hydrogen-bond donors (Lipinski definition) is 0. The van der Waals surface area contributed by atoms with E-state index in [-0.39, 0.29) is 30.2 Å². The number of methoxy groups -OCH3 is 1. The monoisotopic (exact) mass is 451 g/mol. The topological polar surface area (TPSA) is 67.9 Å². The molecule has 33 heavy (non-hydrogen) atoms. The summed E-state index contributed by atoms with van der Waals surface area (Å²) >= 11 is 0. The average molecular weight is 452 g/mol. The predicted octanol–water partition coefficient (Wildman–Crippen LogP) is 4.05. The Kier molecular flexibility index (Phi) is 8.89. The van der Waals surface area contributed by atoms with Crippen molar-refractivity contribution in [3.8, 4) is 0 Å². The fraction of sp³-hybridized carbons (Fsp3) is 0.385. The summed E-state index contributed by atoms with van der Waals surface area (Å²) in [5.74, 6) is -0.163. The molecule has 0 bridgehead atoms. The molecule has 3 rings (SSSR count). The SMILES string of the molecule is COCCCN(CC(=O)N(Cc1cccn1Cc1ccccc1)C(C)C)C(=O)c1ccco1. The third-order valence-corrected chi connectivity index (χ3v) is 5.52. The first-order valence-electron chi connectivity index (χ1n) is 11.3. The second-order valence-electron chi connectivity index (χ2n) is 8.28. The number of aromatic nitrogens is 1. The number of carbonyl (C=O) groups is 2. The van der Waals surface area contributed by atoms with Gasteiger partial charge < -0.3 is 23.5 Å². The van der Waals surface area contributed by atoms with Crippen LogP contribution >= 0.6 is 0 Å². The van der Waals surface area contributed by atoms with Gasteiger partial charge in [-0.05, 0) is 50.1 Å². The van der Waals surface area contributed by atoms with E-state index in [4.69, 9.17) is 9.15 Å². The Bertz CT molecular complexity index is 996. The van der Waals surface area contributed by atoms with Gasteiger partial charge in [0, 0.05) is 44.7 Å². The van der Waals surface area contributed by atoms with Crippen LogP contribution in [0.25, 0.3) is 0 Å². The molecule has 0 saturated carbocycles. The molecule has 176 valence electrons. The molecule has 7 nitrogen and oxygen atoms in total. The Balaban J connectivity index is 1.72. The van der Waals surface area contributed by atoms with Crippen molar-refractivity contribution >= 4 is 11.8 Å². The van der Waals surface area contributed by atoms with Crippen molar-refractivity contribution in [3.05, 3.63) is 84.1 Å². The zero-order valence-corrected chi connectivity index (χ0v) is 19.6. The minimum absolute atomic E-state index is 0.0131. The largest absolute Gasteiger partial charge is 0.459 e. The van der Waals surface area contributed by atoms with Gasteiger partial charge in [0.05, 0.1) is 12.8 Å². The number of ether oxygens (including phenoxy) is 1. The maximum Gasteiger partial charge on any atom is 0.290 e. The van der Waals surface area contributed by atoms with E-state index in [2.05, 4.69) is 16.7 Å². The summed E-state index contributed by atoms with van der Waals surface area (Å²) < 4.78 is 12.6. The Morgan fingerprint density at radius 1 is 1.06 bits per heavy atom. The zero-order valence-electron chi connectivity index (χ0n) is 19.6. The number of rotatable bonds is 12. The van der Waals surface area contributed by atoms with Crippen LogP contribution in [0.1, 0.15) is 42.1 Å². The first-order chi connectivity index (χ1) is 16.0. The number of amides is 2. The van der Waals surface area contributed by atoms with Crippen LogP contribution in [0.5, 0.6) is 0 Å². The van der Waals surface area contributed by atoms with Crippen LogP contribution in [0.15, 0.2) is 71.5 Å². The zero-order chi connectivity index (χ0) is 23.6. The molecule has 3 aromatic rings. The van der Waals surface area contributed by atoms with Crippen molar-refractivity contribution in [2.45, 2.75) is 39.4 Å². The lowest BCUT2D eigenvalue weighted by molar-refractivity contribution is -0.134. The molecule has 0 saturated heterocycles. The summed E-state index contributed by atoms with van der Waals surface area (Å²) in [5.41, 5.74) is 2.25. The molecule has 0 aliphatic heterocycles. The summed E-state index contributed by atoms with van der Waals surface area (Å²) in [7, 11) is 1.62. The van der Waals surface area contributed by atoms with Crippen LogP contribution in [-0.2, 0) is 22.6 Å². The maximum atomic E-state index is 13.4. The highest BCUT2D eigenvalue weighted by atomic mass is 16.5. The van der Waals surface area contributed by atoms with Crippen LogP contribution in [0, 0.1) is 0 Å². The normalized spacial score (nSPS) is 11.0. The van der Waals surface area contributed by atoms with Gasteiger partial charge in [-0.25, -0.2) is 0 Å². The number of benzene rings is 1. The van der Waals surface area contributed by atoms with Gasteiger partial charge in [0.2, 0.25) is 5.91 Å². The van der Waals surface area contributed by atoms with Crippen LogP contribution in [0.3, 0.4) is 0 Å². The van der Waals surface area contributed by atoms with Gasteiger partial charge in [-0.1, -0.05) is 30.3 Å². The number of furan rings is 1. The highest BCUT2D eigenvalue weighted by Gasteiger charge is 2.25. The molecule has 0 unspecified atom stereocenters. The molecule has 2 aromatic heterocycles. The van der Waals surface area contributed by atoms with Crippen LogP contribution < -0.4 is 0 Å². The molecular weight excluding hydrogens is 418 g/mol. The maximum absolute atomic E-state index is 13.4. The summed E-state index contributed by atoms with van der Waals surface area (Å²) in [6.07, 6.45) is 4.13. The first kappa shape index (κ1) is 24.3. The first-order valence-corrected chi connectivity index (χ1v) is 11.3. The Morgan fingerprint density at radius 2 is 1.85 bits per heavy atom. The molecule has 0 spiro atoms. The number of hydrogen-bond acceptors (Lipinski definition) is 4. The molecule has 0 aliphatic rings.